The Morgan fingerprint density at radius 2 is 1.76 bits per heavy atom. The first-order chi connectivity index (χ1) is 7.38. The van der Waals surface area contributed by atoms with Crippen LogP contribution in [0, 0.1) is 0 Å². The zero-order chi connectivity index (χ0) is 10.5. The topological polar surface area (TPSA) is 56.3 Å². The number of hydrogen-bond acceptors (Lipinski definition) is 5. The Morgan fingerprint density at radius 1 is 1.18 bits per heavy atom. The molecule has 17 heavy (non-hydrogen) atoms. The molecule has 1 aromatic rings. The van der Waals surface area contributed by atoms with Gasteiger partial charge in [-0.25, -0.2) is 0 Å². The maximum absolute atomic E-state index is 5.73. The molecule has 0 aromatic carbocycles. The van der Waals surface area contributed by atoms with Gasteiger partial charge in [0, 0.05) is 0 Å². The fourth-order valence-electron chi connectivity index (χ4n) is 1.58. The van der Waals surface area contributed by atoms with E-state index in [0.29, 0.717) is 11.8 Å². The molecule has 1 saturated heterocycles. The van der Waals surface area contributed by atoms with Crippen molar-refractivity contribution in [2.75, 3.05) is 20.2 Å². The summed E-state index contributed by atoms with van der Waals surface area (Å²) >= 11 is 0. The number of nitrogens with zero attached hydrogens (tertiary/aromatic N) is 2. The van der Waals surface area contributed by atoms with Crippen molar-refractivity contribution in [3.05, 3.63) is 12.4 Å². The lowest BCUT2D eigenvalue weighted by Crippen LogP contribution is -2.34. The van der Waals surface area contributed by atoms with Gasteiger partial charge in [0.2, 0.25) is 0 Å². The normalized spacial score (nSPS) is 15.4. The summed E-state index contributed by atoms with van der Waals surface area (Å²) in [5.41, 5.74) is 0. The monoisotopic (exact) mass is 281 g/mol. The Kier molecular flexibility index (Phi) is 7.95. The average molecular weight is 282 g/mol. The summed E-state index contributed by atoms with van der Waals surface area (Å²) in [6.45, 7) is 2.03. The van der Waals surface area contributed by atoms with Crippen LogP contribution in [0.4, 0.5) is 0 Å². The van der Waals surface area contributed by atoms with Crippen LogP contribution in [0.2, 0.25) is 0 Å². The summed E-state index contributed by atoms with van der Waals surface area (Å²) in [4.78, 5) is 7.98. The summed E-state index contributed by atoms with van der Waals surface area (Å²) in [7, 11) is 1.54. The van der Waals surface area contributed by atoms with Crippen LogP contribution in [0.15, 0.2) is 12.4 Å². The summed E-state index contributed by atoms with van der Waals surface area (Å²) in [6, 6.07) is 0.368. The highest BCUT2D eigenvalue weighted by Crippen LogP contribution is 2.15. The van der Waals surface area contributed by atoms with Gasteiger partial charge in [0.25, 0.3) is 0 Å². The maximum Gasteiger partial charge on any atom is 0.316 e. The van der Waals surface area contributed by atoms with Crippen LogP contribution in [0.25, 0.3) is 0 Å². The van der Waals surface area contributed by atoms with E-state index in [1.807, 2.05) is 0 Å². The van der Waals surface area contributed by atoms with Crippen LogP contribution in [0.1, 0.15) is 12.8 Å². The lowest BCUT2D eigenvalue weighted by Gasteiger charge is -2.23. The van der Waals surface area contributed by atoms with Crippen molar-refractivity contribution in [1.82, 2.24) is 15.3 Å². The molecule has 7 heteroatoms. The Hall–Kier alpha value is -0.780. The minimum Gasteiger partial charge on any atom is -0.487 e. The molecule has 0 bridgehead atoms. The molecular formula is C10H17Cl2N3O2. The second kappa shape index (κ2) is 8.33. The number of methoxy groups -OCH3 is 1. The number of halogens is 2. The number of nitrogens with one attached hydrogen (secondary N) is 1. The smallest absolute Gasteiger partial charge is 0.316 e. The first kappa shape index (κ1) is 16.2. The molecule has 0 radical (unpaired) electrons. The zero-order valence-electron chi connectivity index (χ0n) is 9.59. The molecule has 2 rings (SSSR count). The third kappa shape index (κ3) is 4.93. The number of ether oxygens (including phenoxy) is 2. The second-order valence-corrected chi connectivity index (χ2v) is 3.47. The Labute approximate surface area is 113 Å². The van der Waals surface area contributed by atoms with E-state index in [1.165, 1.54) is 0 Å². The summed E-state index contributed by atoms with van der Waals surface area (Å²) in [5, 5.41) is 3.29. The number of rotatable bonds is 3. The van der Waals surface area contributed by atoms with E-state index in [-0.39, 0.29) is 30.9 Å². The molecule has 0 amide bonds. The van der Waals surface area contributed by atoms with Crippen molar-refractivity contribution < 1.29 is 9.47 Å². The molecule has 0 unspecified atom stereocenters. The van der Waals surface area contributed by atoms with Crippen molar-refractivity contribution in [2.45, 2.75) is 18.9 Å². The van der Waals surface area contributed by atoms with Crippen molar-refractivity contribution in [3.8, 4) is 11.8 Å². The fraction of sp³-hybridized carbons (Fsp3) is 0.600. The standard InChI is InChI=1S/C10H15N3O2.2ClH/c1-14-10-12-6-9(7-13-10)15-8-2-4-11-5-3-8;;/h6-8,11H,2-5H2,1H3;2*1H. The first-order valence-corrected chi connectivity index (χ1v) is 5.12. The Morgan fingerprint density at radius 3 is 2.29 bits per heavy atom. The molecule has 5 nitrogen and oxygen atoms in total. The highest BCUT2D eigenvalue weighted by molar-refractivity contribution is 5.85. The number of hydrogen-bond donors (Lipinski definition) is 1. The minimum atomic E-state index is 0. The summed E-state index contributed by atoms with van der Waals surface area (Å²) in [5.74, 6) is 0.711. The average Bonchev–Trinajstić information content (AvgIpc) is 2.31. The van der Waals surface area contributed by atoms with Gasteiger partial charge < -0.3 is 14.8 Å². The highest BCUT2D eigenvalue weighted by Gasteiger charge is 2.14. The highest BCUT2D eigenvalue weighted by atomic mass is 35.5. The van der Waals surface area contributed by atoms with E-state index in [0.717, 1.165) is 25.9 Å². The van der Waals surface area contributed by atoms with Crippen LogP contribution in [-0.4, -0.2) is 36.3 Å². The van der Waals surface area contributed by atoms with Gasteiger partial charge in [-0.2, -0.15) is 9.97 Å². The van der Waals surface area contributed by atoms with E-state index in [4.69, 9.17) is 9.47 Å². The molecular weight excluding hydrogens is 265 g/mol. The number of piperidine rings is 1. The quantitative estimate of drug-likeness (QED) is 0.909. The molecule has 1 aromatic heterocycles. The predicted molar refractivity (Wildman–Crippen MR) is 69.6 cm³/mol. The van der Waals surface area contributed by atoms with E-state index < -0.39 is 0 Å². The van der Waals surface area contributed by atoms with Gasteiger partial charge in [0.05, 0.1) is 19.5 Å². The van der Waals surface area contributed by atoms with Crippen molar-refractivity contribution in [1.29, 1.82) is 0 Å². The molecule has 1 aliphatic heterocycles. The summed E-state index contributed by atoms with van der Waals surface area (Å²) in [6.07, 6.45) is 5.64. The molecule has 98 valence electrons. The third-order valence-electron chi connectivity index (χ3n) is 2.38. The zero-order valence-corrected chi connectivity index (χ0v) is 11.2. The van der Waals surface area contributed by atoms with Crippen LogP contribution < -0.4 is 14.8 Å². The lowest BCUT2D eigenvalue weighted by molar-refractivity contribution is 0.161. The van der Waals surface area contributed by atoms with Crippen molar-refractivity contribution in [3.63, 3.8) is 0 Å². The van der Waals surface area contributed by atoms with Crippen LogP contribution >= 0.6 is 24.8 Å². The Bertz CT molecular complexity index is 305. The van der Waals surface area contributed by atoms with Gasteiger partial charge in [-0.3, -0.25) is 0 Å². The largest absolute Gasteiger partial charge is 0.487 e. The fourth-order valence-corrected chi connectivity index (χ4v) is 1.58. The van der Waals surface area contributed by atoms with Gasteiger partial charge in [-0.1, -0.05) is 0 Å². The van der Waals surface area contributed by atoms with E-state index in [9.17, 15) is 0 Å². The van der Waals surface area contributed by atoms with Crippen molar-refractivity contribution >= 4 is 24.8 Å². The molecule has 0 aliphatic carbocycles. The maximum atomic E-state index is 5.73. The Balaban J connectivity index is 0.00000128. The van der Waals surface area contributed by atoms with E-state index in [1.54, 1.807) is 19.5 Å². The van der Waals surface area contributed by atoms with Gasteiger partial charge in [-0.05, 0) is 25.9 Å². The van der Waals surface area contributed by atoms with Crippen LogP contribution in [0.3, 0.4) is 0 Å². The van der Waals surface area contributed by atoms with Gasteiger partial charge in [-0.15, -0.1) is 24.8 Å². The van der Waals surface area contributed by atoms with Crippen LogP contribution in [0.5, 0.6) is 11.8 Å². The molecule has 0 saturated carbocycles. The van der Waals surface area contributed by atoms with Gasteiger partial charge >= 0.3 is 6.01 Å². The molecule has 1 N–H and O–H groups in total. The molecule has 1 fully saturated rings. The lowest BCUT2D eigenvalue weighted by atomic mass is 10.1. The number of aromatic nitrogens is 2. The molecule has 1 aliphatic rings. The molecule has 2 heterocycles. The SMILES string of the molecule is COc1ncc(OC2CCNCC2)cn1.Cl.Cl. The molecule has 0 atom stereocenters. The van der Waals surface area contributed by atoms with E-state index >= 15 is 0 Å². The second-order valence-electron chi connectivity index (χ2n) is 3.47. The van der Waals surface area contributed by atoms with Crippen molar-refractivity contribution in [2.24, 2.45) is 0 Å². The predicted octanol–water partition coefficient (Wildman–Crippen LogP) is 1.46. The third-order valence-corrected chi connectivity index (χ3v) is 2.38. The molecule has 0 spiro atoms. The van der Waals surface area contributed by atoms with Crippen LogP contribution in [-0.2, 0) is 0 Å². The summed E-state index contributed by atoms with van der Waals surface area (Å²) < 4.78 is 10.6. The van der Waals surface area contributed by atoms with Gasteiger partial charge in [0.1, 0.15) is 6.10 Å². The minimum absolute atomic E-state index is 0. The first-order valence-electron chi connectivity index (χ1n) is 5.12. The van der Waals surface area contributed by atoms with Gasteiger partial charge in [0.15, 0.2) is 5.75 Å². The van der Waals surface area contributed by atoms with E-state index in [2.05, 4.69) is 15.3 Å².